The number of aliphatic imine (C=N–C) groups is 1. The molecule has 1 aliphatic heterocycles. The van der Waals surface area contributed by atoms with Gasteiger partial charge in [-0.3, -0.25) is 0 Å². The van der Waals surface area contributed by atoms with Crippen molar-refractivity contribution in [3.05, 3.63) is 23.9 Å². The van der Waals surface area contributed by atoms with Crippen LogP contribution in [0, 0.1) is 0 Å². The number of anilines is 1. The van der Waals surface area contributed by atoms with E-state index >= 15 is 0 Å². The minimum atomic E-state index is 0. The van der Waals surface area contributed by atoms with E-state index in [9.17, 15) is 0 Å². The number of aromatic nitrogens is 1. The van der Waals surface area contributed by atoms with Gasteiger partial charge >= 0.3 is 0 Å². The van der Waals surface area contributed by atoms with Gasteiger partial charge in [-0.15, -0.1) is 24.0 Å². The standard InChI is InChI=1S/C19H33N5O.HI/c1-3-20-19(21-11-14-25-4-2)23-16-17-9-10-18(22-15-17)24-12-7-5-6-8-13-24;/h9-10,15H,3-8,11-14,16H2,1-2H3,(H2,20,21,23);1H. The highest BCUT2D eigenvalue weighted by molar-refractivity contribution is 14.0. The highest BCUT2D eigenvalue weighted by Gasteiger charge is 2.10. The van der Waals surface area contributed by atoms with Gasteiger partial charge in [-0.1, -0.05) is 18.9 Å². The quantitative estimate of drug-likeness (QED) is 0.262. The van der Waals surface area contributed by atoms with Gasteiger partial charge < -0.3 is 20.3 Å². The van der Waals surface area contributed by atoms with Crippen LogP contribution in [0.15, 0.2) is 23.3 Å². The first-order valence-corrected chi connectivity index (χ1v) is 9.63. The van der Waals surface area contributed by atoms with Gasteiger partial charge in [0.05, 0.1) is 13.2 Å². The first-order valence-electron chi connectivity index (χ1n) is 9.63. The van der Waals surface area contributed by atoms with Gasteiger partial charge in [-0.25, -0.2) is 9.98 Å². The number of halogens is 1. The number of hydrogen-bond donors (Lipinski definition) is 2. The topological polar surface area (TPSA) is 61.8 Å². The highest BCUT2D eigenvalue weighted by Crippen LogP contribution is 2.17. The molecule has 0 saturated carbocycles. The predicted molar refractivity (Wildman–Crippen MR) is 120 cm³/mol. The second-order valence-electron chi connectivity index (χ2n) is 6.24. The van der Waals surface area contributed by atoms with Crippen molar-refractivity contribution >= 4 is 35.8 Å². The summed E-state index contributed by atoms with van der Waals surface area (Å²) in [6.07, 6.45) is 7.17. The number of rotatable bonds is 8. The number of nitrogens with zero attached hydrogens (tertiary/aromatic N) is 3. The molecular weight excluding hydrogens is 441 g/mol. The van der Waals surface area contributed by atoms with E-state index < -0.39 is 0 Å². The van der Waals surface area contributed by atoms with Crippen LogP contribution in [0.3, 0.4) is 0 Å². The van der Waals surface area contributed by atoms with Crippen LogP contribution in [-0.4, -0.2) is 50.3 Å². The molecule has 148 valence electrons. The number of nitrogens with one attached hydrogen (secondary N) is 2. The molecule has 6 nitrogen and oxygen atoms in total. The Morgan fingerprint density at radius 1 is 1.15 bits per heavy atom. The van der Waals surface area contributed by atoms with Gasteiger partial charge in [0.15, 0.2) is 5.96 Å². The summed E-state index contributed by atoms with van der Waals surface area (Å²) in [5.74, 6) is 1.91. The summed E-state index contributed by atoms with van der Waals surface area (Å²) in [5.41, 5.74) is 1.13. The maximum absolute atomic E-state index is 5.34. The van der Waals surface area contributed by atoms with E-state index in [2.05, 4.69) is 44.6 Å². The largest absolute Gasteiger partial charge is 0.380 e. The van der Waals surface area contributed by atoms with Crippen molar-refractivity contribution in [3.8, 4) is 0 Å². The lowest BCUT2D eigenvalue weighted by Gasteiger charge is -2.21. The average Bonchev–Trinajstić information content (AvgIpc) is 2.93. The molecule has 0 bridgehead atoms. The van der Waals surface area contributed by atoms with Crippen molar-refractivity contribution in [2.24, 2.45) is 4.99 Å². The minimum Gasteiger partial charge on any atom is -0.380 e. The van der Waals surface area contributed by atoms with E-state index in [1.165, 1.54) is 25.7 Å². The Balaban J connectivity index is 0.00000338. The molecular formula is C19H34IN5O. The van der Waals surface area contributed by atoms with E-state index in [-0.39, 0.29) is 24.0 Å². The molecule has 1 fully saturated rings. The molecule has 1 saturated heterocycles. The molecule has 1 aliphatic rings. The maximum atomic E-state index is 5.34. The van der Waals surface area contributed by atoms with Crippen molar-refractivity contribution in [1.29, 1.82) is 0 Å². The average molecular weight is 475 g/mol. The molecule has 0 aliphatic carbocycles. The Hall–Kier alpha value is -1.09. The SMILES string of the molecule is CCNC(=NCc1ccc(N2CCCCCC2)nc1)NCCOCC.I. The van der Waals surface area contributed by atoms with Crippen molar-refractivity contribution < 1.29 is 4.74 Å². The number of ether oxygens (including phenoxy) is 1. The minimum absolute atomic E-state index is 0. The van der Waals surface area contributed by atoms with E-state index in [1.54, 1.807) is 0 Å². The highest BCUT2D eigenvalue weighted by atomic mass is 127. The molecule has 7 heteroatoms. The molecule has 0 atom stereocenters. The van der Waals surface area contributed by atoms with Crippen LogP contribution in [0.1, 0.15) is 45.1 Å². The summed E-state index contributed by atoms with van der Waals surface area (Å²) in [6.45, 7) is 9.96. The molecule has 2 rings (SSSR count). The molecule has 2 heterocycles. The second-order valence-corrected chi connectivity index (χ2v) is 6.24. The van der Waals surface area contributed by atoms with Gasteiger partial charge in [-0.05, 0) is 38.3 Å². The third-order valence-corrected chi connectivity index (χ3v) is 4.25. The van der Waals surface area contributed by atoms with Crippen molar-refractivity contribution in [2.45, 2.75) is 46.1 Å². The van der Waals surface area contributed by atoms with Gasteiger partial charge in [0.2, 0.25) is 0 Å². The lowest BCUT2D eigenvalue weighted by molar-refractivity contribution is 0.152. The maximum Gasteiger partial charge on any atom is 0.191 e. The van der Waals surface area contributed by atoms with E-state index in [0.29, 0.717) is 13.2 Å². The van der Waals surface area contributed by atoms with Crippen LogP contribution < -0.4 is 15.5 Å². The zero-order valence-corrected chi connectivity index (χ0v) is 18.5. The van der Waals surface area contributed by atoms with Crippen LogP contribution in [0.5, 0.6) is 0 Å². The molecule has 2 N–H and O–H groups in total. The Kier molecular flexibility index (Phi) is 12.4. The number of guanidine groups is 1. The zero-order chi connectivity index (χ0) is 17.7. The van der Waals surface area contributed by atoms with Crippen LogP contribution in [0.4, 0.5) is 5.82 Å². The summed E-state index contributed by atoms with van der Waals surface area (Å²) in [6, 6.07) is 4.27. The second kappa shape index (κ2) is 14.0. The van der Waals surface area contributed by atoms with Gasteiger partial charge in [0.1, 0.15) is 5.82 Å². The van der Waals surface area contributed by atoms with E-state index in [1.807, 2.05) is 13.1 Å². The molecule has 0 spiro atoms. The summed E-state index contributed by atoms with van der Waals surface area (Å²) in [7, 11) is 0. The molecule has 0 amide bonds. The predicted octanol–water partition coefficient (Wildman–Crippen LogP) is 3.17. The van der Waals surface area contributed by atoms with Crippen molar-refractivity contribution in [2.75, 3.05) is 44.3 Å². The van der Waals surface area contributed by atoms with Crippen LogP contribution in [0.25, 0.3) is 0 Å². The van der Waals surface area contributed by atoms with Gasteiger partial charge in [0.25, 0.3) is 0 Å². The smallest absolute Gasteiger partial charge is 0.191 e. The fraction of sp³-hybridized carbons (Fsp3) is 0.684. The Morgan fingerprint density at radius 2 is 1.92 bits per heavy atom. The van der Waals surface area contributed by atoms with E-state index in [4.69, 9.17) is 4.74 Å². The van der Waals surface area contributed by atoms with E-state index in [0.717, 1.165) is 50.1 Å². The first-order chi connectivity index (χ1) is 12.3. The molecule has 0 unspecified atom stereocenters. The molecule has 0 aromatic carbocycles. The summed E-state index contributed by atoms with van der Waals surface area (Å²) in [5, 5.41) is 6.54. The van der Waals surface area contributed by atoms with Crippen molar-refractivity contribution in [3.63, 3.8) is 0 Å². The lowest BCUT2D eigenvalue weighted by atomic mass is 10.2. The third kappa shape index (κ3) is 8.53. The molecule has 26 heavy (non-hydrogen) atoms. The monoisotopic (exact) mass is 475 g/mol. The zero-order valence-electron chi connectivity index (χ0n) is 16.2. The summed E-state index contributed by atoms with van der Waals surface area (Å²) in [4.78, 5) is 11.7. The Morgan fingerprint density at radius 3 is 2.54 bits per heavy atom. The normalized spacial score (nSPS) is 15.2. The van der Waals surface area contributed by atoms with Crippen LogP contribution >= 0.6 is 24.0 Å². The Labute approximate surface area is 175 Å². The van der Waals surface area contributed by atoms with Gasteiger partial charge in [-0.2, -0.15) is 0 Å². The molecule has 1 aromatic heterocycles. The van der Waals surface area contributed by atoms with Crippen LogP contribution in [-0.2, 0) is 11.3 Å². The molecule has 0 radical (unpaired) electrons. The van der Waals surface area contributed by atoms with Crippen molar-refractivity contribution in [1.82, 2.24) is 15.6 Å². The fourth-order valence-electron chi connectivity index (χ4n) is 2.90. The summed E-state index contributed by atoms with van der Waals surface area (Å²) >= 11 is 0. The van der Waals surface area contributed by atoms with Crippen LogP contribution in [0.2, 0.25) is 0 Å². The number of pyridine rings is 1. The van der Waals surface area contributed by atoms with Gasteiger partial charge in [0, 0.05) is 39.0 Å². The molecule has 1 aromatic rings. The summed E-state index contributed by atoms with van der Waals surface area (Å²) < 4.78 is 5.34. The first kappa shape index (κ1) is 23.0. The Bertz CT molecular complexity index is 501. The fourth-order valence-corrected chi connectivity index (χ4v) is 2.90. The lowest BCUT2D eigenvalue weighted by Crippen LogP contribution is -2.39. The number of hydrogen-bond acceptors (Lipinski definition) is 4. The third-order valence-electron chi connectivity index (χ3n) is 4.25.